The number of carbonyl (C=O) groups excluding carboxylic acids is 1. The number of hydrogen-bond acceptors (Lipinski definition) is 2. The quantitative estimate of drug-likeness (QED) is 0.524. The van der Waals surface area contributed by atoms with Crippen molar-refractivity contribution in [1.82, 2.24) is 0 Å². The minimum atomic E-state index is 0.588. The Kier molecular flexibility index (Phi) is 3.16. The molecule has 0 bridgehead atoms. The van der Waals surface area contributed by atoms with E-state index in [2.05, 4.69) is 18.2 Å². The highest BCUT2D eigenvalue weighted by Crippen LogP contribution is 2.29. The van der Waals surface area contributed by atoms with E-state index in [0.29, 0.717) is 5.69 Å². The Hall–Kier alpha value is -1.92. The van der Waals surface area contributed by atoms with Crippen molar-refractivity contribution < 1.29 is 4.79 Å². The zero-order valence-electron chi connectivity index (χ0n) is 8.08. The Labute approximate surface area is 83.3 Å². The average Bonchev–Trinajstić information content (AvgIpc) is 2.17. The molecule has 14 heavy (non-hydrogen) atoms. The lowest BCUT2D eigenvalue weighted by Gasteiger charge is -2.07. The zero-order valence-corrected chi connectivity index (χ0v) is 8.08. The summed E-state index contributed by atoms with van der Waals surface area (Å²) in [5.41, 5.74) is 3.22. The zero-order chi connectivity index (χ0) is 10.6. The maximum absolute atomic E-state index is 10.2. The van der Waals surface area contributed by atoms with E-state index in [1.807, 2.05) is 19.1 Å². The van der Waals surface area contributed by atoms with Gasteiger partial charge >= 0.3 is 0 Å². The highest BCUT2D eigenvalue weighted by Gasteiger charge is 2.05. The molecule has 0 atom stereocenters. The Balaban J connectivity index is 3.50. The van der Waals surface area contributed by atoms with E-state index in [4.69, 9.17) is 0 Å². The number of nitrogens with zero attached hydrogens (tertiary/aromatic N) is 1. The van der Waals surface area contributed by atoms with Crippen molar-refractivity contribution in [3.63, 3.8) is 0 Å². The Morgan fingerprint density at radius 2 is 2.29 bits per heavy atom. The van der Waals surface area contributed by atoms with Gasteiger partial charge in [0.15, 0.2) is 0 Å². The highest BCUT2D eigenvalue weighted by molar-refractivity contribution is 5.80. The number of allylic oxidation sites excluding steroid dienone is 1. The van der Waals surface area contributed by atoms with Crippen LogP contribution in [0, 0.1) is 0 Å². The highest BCUT2D eigenvalue weighted by atomic mass is 16.1. The number of isocyanates is 1. The van der Waals surface area contributed by atoms with Gasteiger partial charge in [0.2, 0.25) is 6.08 Å². The summed E-state index contributed by atoms with van der Waals surface area (Å²) < 4.78 is 0. The third kappa shape index (κ3) is 1.87. The molecule has 1 aromatic rings. The summed E-state index contributed by atoms with van der Waals surface area (Å²) in [7, 11) is 0. The molecule has 0 saturated carbocycles. The normalized spacial score (nSPS) is 8.93. The van der Waals surface area contributed by atoms with Gasteiger partial charge < -0.3 is 0 Å². The van der Waals surface area contributed by atoms with Gasteiger partial charge in [0, 0.05) is 5.56 Å². The fraction of sp³-hybridized carbons (Fsp3) is 0.0833. The van der Waals surface area contributed by atoms with E-state index < -0.39 is 0 Å². The number of hydrogen-bond donors (Lipinski definition) is 0. The molecule has 2 heteroatoms. The summed E-state index contributed by atoms with van der Waals surface area (Å²) >= 11 is 0. The molecule has 0 aliphatic carbocycles. The van der Waals surface area contributed by atoms with E-state index in [0.717, 1.165) is 16.7 Å². The molecule has 0 aromatic heterocycles. The molecule has 0 fully saturated rings. The first-order valence-corrected chi connectivity index (χ1v) is 4.20. The lowest BCUT2D eigenvalue weighted by Crippen LogP contribution is -1.85. The third-order valence-corrected chi connectivity index (χ3v) is 1.89. The summed E-state index contributed by atoms with van der Waals surface area (Å²) in [5, 5.41) is 0. The van der Waals surface area contributed by atoms with Crippen molar-refractivity contribution in [3.8, 4) is 0 Å². The summed E-state index contributed by atoms with van der Waals surface area (Å²) in [4.78, 5) is 13.8. The van der Waals surface area contributed by atoms with Crippen LogP contribution in [0.25, 0.3) is 11.6 Å². The molecule has 1 aromatic carbocycles. The second kappa shape index (κ2) is 4.35. The first-order valence-electron chi connectivity index (χ1n) is 4.20. The van der Waals surface area contributed by atoms with Gasteiger partial charge in [-0.05, 0) is 24.1 Å². The van der Waals surface area contributed by atoms with Gasteiger partial charge in [-0.15, -0.1) is 0 Å². The molecule has 0 radical (unpaired) electrons. The largest absolute Gasteiger partial charge is 0.240 e. The van der Waals surface area contributed by atoms with Gasteiger partial charge in [-0.25, -0.2) is 4.79 Å². The molecule has 0 unspecified atom stereocenters. The molecule has 0 heterocycles. The van der Waals surface area contributed by atoms with Crippen LogP contribution in [0.2, 0.25) is 0 Å². The van der Waals surface area contributed by atoms with Crippen molar-refractivity contribution in [2.45, 2.75) is 6.92 Å². The van der Waals surface area contributed by atoms with Crippen LogP contribution in [0.1, 0.15) is 18.1 Å². The monoisotopic (exact) mass is 185 g/mol. The van der Waals surface area contributed by atoms with E-state index in [9.17, 15) is 4.79 Å². The van der Waals surface area contributed by atoms with Crippen LogP contribution < -0.4 is 0 Å². The van der Waals surface area contributed by atoms with Crippen molar-refractivity contribution in [3.05, 3.63) is 42.5 Å². The lowest BCUT2D eigenvalue weighted by atomic mass is 10.00. The molecule has 0 aliphatic heterocycles. The molecule has 0 amide bonds. The SMILES string of the molecule is C=Cc1cccc(N=C=O)c1C(=C)C. The minimum absolute atomic E-state index is 0.588. The number of aliphatic imine (C=N–C) groups is 1. The second-order valence-corrected chi connectivity index (χ2v) is 2.93. The summed E-state index contributed by atoms with van der Waals surface area (Å²) in [6.45, 7) is 9.40. The van der Waals surface area contributed by atoms with Crippen molar-refractivity contribution >= 4 is 23.4 Å². The van der Waals surface area contributed by atoms with E-state index >= 15 is 0 Å². The van der Waals surface area contributed by atoms with Gasteiger partial charge in [-0.1, -0.05) is 31.4 Å². The van der Waals surface area contributed by atoms with Crippen LogP contribution in [-0.4, -0.2) is 6.08 Å². The van der Waals surface area contributed by atoms with Crippen LogP contribution in [0.4, 0.5) is 5.69 Å². The van der Waals surface area contributed by atoms with E-state index in [1.54, 1.807) is 12.1 Å². The Morgan fingerprint density at radius 1 is 1.57 bits per heavy atom. The maximum Gasteiger partial charge on any atom is 0.240 e. The molecule has 0 N–H and O–H groups in total. The van der Waals surface area contributed by atoms with Crippen molar-refractivity contribution in [2.24, 2.45) is 4.99 Å². The second-order valence-electron chi connectivity index (χ2n) is 2.93. The van der Waals surface area contributed by atoms with Crippen LogP contribution in [0.3, 0.4) is 0 Å². The summed E-state index contributed by atoms with van der Waals surface area (Å²) in [5.74, 6) is 0. The molecule has 0 saturated heterocycles. The predicted octanol–water partition coefficient (Wildman–Crippen LogP) is 3.33. The molecule has 2 nitrogen and oxygen atoms in total. The average molecular weight is 185 g/mol. The number of benzene rings is 1. The maximum atomic E-state index is 10.2. The summed E-state index contributed by atoms with van der Waals surface area (Å²) in [6.07, 6.45) is 3.25. The Morgan fingerprint density at radius 3 is 2.79 bits per heavy atom. The van der Waals surface area contributed by atoms with Crippen molar-refractivity contribution in [1.29, 1.82) is 0 Å². The Bertz CT molecular complexity index is 426. The van der Waals surface area contributed by atoms with Gasteiger partial charge in [0.1, 0.15) is 0 Å². The van der Waals surface area contributed by atoms with Gasteiger partial charge in [-0.3, -0.25) is 0 Å². The lowest BCUT2D eigenvalue weighted by molar-refractivity contribution is 0.565. The smallest absolute Gasteiger partial charge is 0.211 e. The fourth-order valence-corrected chi connectivity index (χ4v) is 1.33. The van der Waals surface area contributed by atoms with Gasteiger partial charge in [0.25, 0.3) is 0 Å². The van der Waals surface area contributed by atoms with Gasteiger partial charge in [0.05, 0.1) is 5.69 Å². The standard InChI is InChI=1S/C12H11NO/c1-4-10-6-5-7-11(13-8-14)12(10)9(2)3/h4-7H,1-2H2,3H3. The van der Waals surface area contributed by atoms with E-state index in [1.165, 1.54) is 6.08 Å². The molecule has 70 valence electrons. The van der Waals surface area contributed by atoms with E-state index in [-0.39, 0.29) is 0 Å². The topological polar surface area (TPSA) is 29.4 Å². The third-order valence-electron chi connectivity index (χ3n) is 1.89. The van der Waals surface area contributed by atoms with Crippen LogP contribution in [0.15, 0.2) is 36.3 Å². The molecular weight excluding hydrogens is 174 g/mol. The van der Waals surface area contributed by atoms with Crippen molar-refractivity contribution in [2.75, 3.05) is 0 Å². The van der Waals surface area contributed by atoms with Crippen LogP contribution >= 0.6 is 0 Å². The van der Waals surface area contributed by atoms with Crippen LogP contribution in [0.5, 0.6) is 0 Å². The molecule has 0 spiro atoms. The summed E-state index contributed by atoms with van der Waals surface area (Å²) in [6, 6.07) is 5.47. The van der Waals surface area contributed by atoms with Crippen LogP contribution in [-0.2, 0) is 4.79 Å². The first kappa shape index (κ1) is 10.2. The minimum Gasteiger partial charge on any atom is -0.211 e. The molecule has 1 rings (SSSR count). The van der Waals surface area contributed by atoms with Gasteiger partial charge in [-0.2, -0.15) is 4.99 Å². The fourth-order valence-electron chi connectivity index (χ4n) is 1.33. The molecular formula is C12H11NO. The number of rotatable bonds is 3. The first-order chi connectivity index (χ1) is 6.70. The predicted molar refractivity (Wildman–Crippen MR) is 59.0 cm³/mol. The molecule has 0 aliphatic rings.